The number of rotatable bonds is 16. The molecular weight excluding hydrogens is 304 g/mol. The number of hydrogen-bond donors (Lipinski definition) is 0. The molecule has 0 spiro atoms. The zero-order chi connectivity index (χ0) is 18.3. The Labute approximate surface area is 155 Å². The van der Waals surface area contributed by atoms with Gasteiger partial charge in [-0.2, -0.15) is 0 Å². The Kier molecular flexibility index (Phi) is 20.4. The van der Waals surface area contributed by atoms with Crippen molar-refractivity contribution in [3.05, 3.63) is 72.9 Å². The molecule has 0 rings (SSSR count). The summed E-state index contributed by atoms with van der Waals surface area (Å²) in [5.74, 6) is 0. The van der Waals surface area contributed by atoms with E-state index in [-0.39, 0.29) is 0 Å². The van der Waals surface area contributed by atoms with Crippen molar-refractivity contribution >= 4 is 6.29 Å². The van der Waals surface area contributed by atoms with Crippen molar-refractivity contribution in [2.45, 2.75) is 71.1 Å². The Morgan fingerprint density at radius 1 is 0.560 bits per heavy atom. The van der Waals surface area contributed by atoms with Crippen LogP contribution in [0.15, 0.2) is 72.9 Å². The zero-order valence-corrected chi connectivity index (χ0v) is 15.9. The first-order chi connectivity index (χ1) is 12.4. The molecule has 0 aromatic heterocycles. The van der Waals surface area contributed by atoms with E-state index in [1.807, 2.05) is 36.5 Å². The highest BCUT2D eigenvalue weighted by Gasteiger charge is 1.90. The molecule has 0 bridgehead atoms. The van der Waals surface area contributed by atoms with Gasteiger partial charge in [-0.25, -0.2) is 0 Å². The molecule has 0 saturated heterocycles. The molecule has 0 heterocycles. The lowest BCUT2D eigenvalue weighted by Crippen LogP contribution is -1.80. The number of allylic oxidation sites excluding steroid dienone is 12. The number of unbranched alkanes of at least 4 members (excludes halogenated alkanes) is 9. The molecule has 0 unspecified atom stereocenters. The molecule has 1 heteroatoms. The summed E-state index contributed by atoms with van der Waals surface area (Å²) in [4.78, 5) is 9.92. The van der Waals surface area contributed by atoms with Gasteiger partial charge >= 0.3 is 0 Å². The van der Waals surface area contributed by atoms with Gasteiger partial charge in [-0.1, -0.05) is 125 Å². The van der Waals surface area contributed by atoms with Gasteiger partial charge in [0.1, 0.15) is 0 Å². The minimum Gasteiger partial charge on any atom is -0.286 e. The van der Waals surface area contributed by atoms with Crippen molar-refractivity contribution in [3.8, 4) is 0 Å². The Morgan fingerprint density at radius 3 is 1.52 bits per heavy atom. The lowest BCUT2D eigenvalue weighted by atomic mass is 10.1. The van der Waals surface area contributed by atoms with E-state index in [1.165, 1.54) is 70.3 Å². The first kappa shape index (κ1) is 23.1. The van der Waals surface area contributed by atoms with Gasteiger partial charge in [-0.15, -0.1) is 0 Å². The summed E-state index contributed by atoms with van der Waals surface area (Å²) in [6, 6.07) is 0. The van der Waals surface area contributed by atoms with Gasteiger partial charge in [0.05, 0.1) is 0 Å². The third-order valence-corrected chi connectivity index (χ3v) is 3.77. The highest BCUT2D eigenvalue weighted by Crippen LogP contribution is 2.10. The summed E-state index contributed by atoms with van der Waals surface area (Å²) in [6.45, 7) is 2.27. The average Bonchev–Trinajstić information content (AvgIpc) is 2.63. The molecule has 1 nitrogen and oxygen atoms in total. The third-order valence-electron chi connectivity index (χ3n) is 3.77. The van der Waals surface area contributed by atoms with Gasteiger partial charge in [-0.05, 0) is 18.9 Å². The van der Waals surface area contributed by atoms with E-state index in [0.29, 0.717) is 0 Å². The molecule has 0 aliphatic carbocycles. The zero-order valence-electron chi connectivity index (χ0n) is 15.9. The molecule has 25 heavy (non-hydrogen) atoms. The van der Waals surface area contributed by atoms with Crippen LogP contribution in [-0.2, 0) is 4.79 Å². The van der Waals surface area contributed by atoms with Crippen LogP contribution in [-0.4, -0.2) is 6.29 Å². The quantitative estimate of drug-likeness (QED) is 0.163. The van der Waals surface area contributed by atoms with Crippen LogP contribution in [0.1, 0.15) is 71.1 Å². The van der Waals surface area contributed by atoms with Gasteiger partial charge in [0, 0.05) is 0 Å². The van der Waals surface area contributed by atoms with Crippen LogP contribution in [0.3, 0.4) is 0 Å². The molecule has 0 saturated carbocycles. The second-order valence-corrected chi connectivity index (χ2v) is 6.06. The molecular formula is C24H35O. The SMILES string of the molecule is CCCCCCCCCCC/C=C/C=C/C=C/C=C/C=C/C=C/[C]=O. The van der Waals surface area contributed by atoms with Gasteiger partial charge in [0.2, 0.25) is 6.29 Å². The van der Waals surface area contributed by atoms with Crippen molar-refractivity contribution in [2.75, 3.05) is 0 Å². The Bertz CT molecular complexity index is 447. The summed E-state index contributed by atoms with van der Waals surface area (Å²) in [5, 5.41) is 0. The molecule has 0 aromatic rings. The normalized spacial score (nSPS) is 13.0. The highest BCUT2D eigenvalue weighted by molar-refractivity contribution is 5.66. The standard InChI is InChI=1S/C24H35O/c1-2-3-4-5-6-7-8-9-10-11-12-13-14-15-16-17-18-19-20-21-22-23-24-25/h12-23H,2-11H2,1H3/b13-12+,15-14+,17-16+,19-18+,21-20+,23-22+. The van der Waals surface area contributed by atoms with E-state index in [9.17, 15) is 4.79 Å². The molecule has 0 atom stereocenters. The first-order valence-corrected chi connectivity index (χ1v) is 9.77. The van der Waals surface area contributed by atoms with Gasteiger partial charge in [0.25, 0.3) is 0 Å². The fraction of sp³-hybridized carbons (Fsp3) is 0.458. The molecule has 1 radical (unpaired) electrons. The lowest BCUT2D eigenvalue weighted by molar-refractivity contribution is 0.564. The van der Waals surface area contributed by atoms with Gasteiger partial charge in [0.15, 0.2) is 0 Å². The summed E-state index contributed by atoms with van der Waals surface area (Å²) >= 11 is 0. The van der Waals surface area contributed by atoms with E-state index < -0.39 is 0 Å². The minimum absolute atomic E-state index is 1.18. The predicted molar refractivity (Wildman–Crippen MR) is 112 cm³/mol. The third kappa shape index (κ3) is 22.1. The Balaban J connectivity index is 3.46. The number of carbonyl (C=O) groups excluding carboxylic acids is 1. The highest BCUT2D eigenvalue weighted by atomic mass is 16.1. The topological polar surface area (TPSA) is 17.1 Å². The molecule has 0 N–H and O–H groups in total. The number of hydrogen-bond acceptors (Lipinski definition) is 1. The van der Waals surface area contributed by atoms with Gasteiger partial charge in [-0.3, -0.25) is 4.79 Å². The maximum atomic E-state index is 9.92. The van der Waals surface area contributed by atoms with Crippen LogP contribution in [0.2, 0.25) is 0 Å². The largest absolute Gasteiger partial charge is 0.286 e. The van der Waals surface area contributed by atoms with Gasteiger partial charge < -0.3 is 0 Å². The van der Waals surface area contributed by atoms with Crippen molar-refractivity contribution < 1.29 is 4.79 Å². The smallest absolute Gasteiger partial charge is 0.225 e. The Hall–Kier alpha value is -1.89. The van der Waals surface area contributed by atoms with E-state index in [0.717, 1.165) is 0 Å². The van der Waals surface area contributed by atoms with E-state index in [2.05, 4.69) is 25.2 Å². The van der Waals surface area contributed by atoms with Crippen molar-refractivity contribution in [1.82, 2.24) is 0 Å². The molecule has 0 amide bonds. The van der Waals surface area contributed by atoms with Crippen LogP contribution in [0.5, 0.6) is 0 Å². The summed E-state index contributed by atoms with van der Waals surface area (Å²) < 4.78 is 0. The van der Waals surface area contributed by atoms with E-state index >= 15 is 0 Å². The van der Waals surface area contributed by atoms with E-state index in [4.69, 9.17) is 0 Å². The van der Waals surface area contributed by atoms with Crippen molar-refractivity contribution in [2.24, 2.45) is 0 Å². The second-order valence-electron chi connectivity index (χ2n) is 6.06. The summed E-state index contributed by atoms with van der Waals surface area (Å²) in [7, 11) is 0. The molecule has 0 aliphatic heterocycles. The van der Waals surface area contributed by atoms with E-state index in [1.54, 1.807) is 18.4 Å². The van der Waals surface area contributed by atoms with Crippen LogP contribution >= 0.6 is 0 Å². The lowest BCUT2D eigenvalue weighted by Gasteiger charge is -2.00. The average molecular weight is 340 g/mol. The molecule has 137 valence electrons. The van der Waals surface area contributed by atoms with Crippen LogP contribution in [0.4, 0.5) is 0 Å². The maximum absolute atomic E-state index is 9.92. The fourth-order valence-corrected chi connectivity index (χ4v) is 2.36. The van der Waals surface area contributed by atoms with Crippen molar-refractivity contribution in [3.63, 3.8) is 0 Å². The summed E-state index contributed by atoms with van der Waals surface area (Å²) in [5.41, 5.74) is 0. The Morgan fingerprint density at radius 2 is 1.00 bits per heavy atom. The molecule has 0 fully saturated rings. The molecule has 0 aromatic carbocycles. The minimum atomic E-state index is 1.18. The second kappa shape index (κ2) is 22.1. The van der Waals surface area contributed by atoms with Crippen LogP contribution in [0.25, 0.3) is 0 Å². The maximum Gasteiger partial charge on any atom is 0.225 e. The first-order valence-electron chi connectivity index (χ1n) is 9.77. The van der Waals surface area contributed by atoms with Crippen molar-refractivity contribution in [1.29, 1.82) is 0 Å². The van der Waals surface area contributed by atoms with Crippen LogP contribution in [0, 0.1) is 0 Å². The fourth-order valence-electron chi connectivity index (χ4n) is 2.36. The summed E-state index contributed by atoms with van der Waals surface area (Å²) in [6.07, 6.45) is 38.3. The van der Waals surface area contributed by atoms with Crippen LogP contribution < -0.4 is 0 Å². The monoisotopic (exact) mass is 339 g/mol. The predicted octanol–water partition coefficient (Wildman–Crippen LogP) is 7.35. The molecule has 0 aliphatic rings.